The quantitative estimate of drug-likeness (QED) is 0.523. The molecule has 0 bridgehead atoms. The summed E-state index contributed by atoms with van der Waals surface area (Å²) in [5.41, 5.74) is 2.70. The van der Waals surface area contributed by atoms with Gasteiger partial charge in [0.25, 0.3) is 0 Å². The van der Waals surface area contributed by atoms with Crippen molar-refractivity contribution in [1.82, 2.24) is 19.9 Å². The van der Waals surface area contributed by atoms with Crippen LogP contribution in [0.2, 0.25) is 0 Å². The van der Waals surface area contributed by atoms with Crippen LogP contribution in [0.15, 0.2) is 85.2 Å². The van der Waals surface area contributed by atoms with E-state index in [2.05, 4.69) is 25.8 Å². The molecular formula is C24H22N6. The zero-order chi connectivity index (χ0) is 20.2. The molecule has 6 nitrogen and oxygen atoms in total. The van der Waals surface area contributed by atoms with Crippen molar-refractivity contribution in [1.29, 1.82) is 0 Å². The number of piperazine rings is 1. The molecule has 6 heteroatoms. The minimum absolute atomic E-state index is 0.723. The Bertz CT molecular complexity index is 1040. The van der Waals surface area contributed by atoms with E-state index in [1.165, 1.54) is 0 Å². The topological polar surface area (TPSA) is 58.0 Å². The molecule has 0 atom stereocenters. The van der Waals surface area contributed by atoms with Gasteiger partial charge in [0, 0.05) is 50.2 Å². The molecule has 1 aliphatic rings. The molecule has 1 aromatic carbocycles. The number of hydrogen-bond acceptors (Lipinski definition) is 6. The molecule has 0 unspecified atom stereocenters. The smallest absolute Gasteiger partial charge is 0.162 e. The summed E-state index contributed by atoms with van der Waals surface area (Å²) in [7, 11) is 0. The Hall–Kier alpha value is -3.80. The molecule has 4 aromatic rings. The van der Waals surface area contributed by atoms with Gasteiger partial charge in [-0.15, -0.1) is 0 Å². The normalized spacial score (nSPS) is 14.0. The average Bonchev–Trinajstić information content (AvgIpc) is 2.85. The Morgan fingerprint density at radius 2 is 1.23 bits per heavy atom. The molecule has 1 aliphatic heterocycles. The summed E-state index contributed by atoms with van der Waals surface area (Å²) in [4.78, 5) is 23.3. The fourth-order valence-corrected chi connectivity index (χ4v) is 3.66. The van der Waals surface area contributed by atoms with Crippen LogP contribution in [0.25, 0.3) is 22.8 Å². The molecule has 3 aromatic heterocycles. The highest BCUT2D eigenvalue weighted by Gasteiger charge is 2.21. The third kappa shape index (κ3) is 3.85. The molecule has 30 heavy (non-hydrogen) atoms. The van der Waals surface area contributed by atoms with Gasteiger partial charge in [0.2, 0.25) is 0 Å². The summed E-state index contributed by atoms with van der Waals surface area (Å²) >= 11 is 0. The maximum atomic E-state index is 4.90. The second kappa shape index (κ2) is 8.29. The van der Waals surface area contributed by atoms with Crippen molar-refractivity contribution in [2.24, 2.45) is 0 Å². The predicted molar refractivity (Wildman–Crippen MR) is 119 cm³/mol. The fourth-order valence-electron chi connectivity index (χ4n) is 3.66. The van der Waals surface area contributed by atoms with Crippen LogP contribution in [0.4, 0.5) is 11.6 Å². The average molecular weight is 394 g/mol. The number of pyridine rings is 2. The lowest BCUT2D eigenvalue weighted by Gasteiger charge is -2.36. The van der Waals surface area contributed by atoms with Gasteiger partial charge < -0.3 is 9.80 Å². The highest BCUT2D eigenvalue weighted by molar-refractivity contribution is 5.66. The monoisotopic (exact) mass is 394 g/mol. The Morgan fingerprint density at radius 1 is 0.567 bits per heavy atom. The standard InChI is InChI=1S/C24H22N6/c1-2-8-19(9-3-1)24-27-21(20-10-4-6-12-25-20)18-23(28-24)30-16-14-29(15-17-30)22-11-5-7-13-26-22/h1-13,18H,14-17H2. The van der Waals surface area contributed by atoms with Crippen molar-refractivity contribution in [3.8, 4) is 22.8 Å². The molecule has 5 rings (SSSR count). The van der Waals surface area contributed by atoms with E-state index in [9.17, 15) is 0 Å². The van der Waals surface area contributed by atoms with E-state index in [-0.39, 0.29) is 0 Å². The molecule has 148 valence electrons. The Labute approximate surface area is 175 Å². The maximum Gasteiger partial charge on any atom is 0.162 e. The molecule has 0 amide bonds. The number of anilines is 2. The van der Waals surface area contributed by atoms with Crippen LogP contribution >= 0.6 is 0 Å². The first-order valence-corrected chi connectivity index (χ1v) is 10.1. The lowest BCUT2D eigenvalue weighted by Crippen LogP contribution is -2.47. The lowest BCUT2D eigenvalue weighted by atomic mass is 10.2. The summed E-state index contributed by atoms with van der Waals surface area (Å²) in [5.74, 6) is 2.69. The number of hydrogen-bond donors (Lipinski definition) is 0. The van der Waals surface area contributed by atoms with Gasteiger partial charge in [-0.1, -0.05) is 42.5 Å². The molecule has 1 saturated heterocycles. The van der Waals surface area contributed by atoms with Crippen LogP contribution in [0.3, 0.4) is 0 Å². The summed E-state index contributed by atoms with van der Waals surface area (Å²) < 4.78 is 0. The minimum Gasteiger partial charge on any atom is -0.353 e. The second-order valence-electron chi connectivity index (χ2n) is 7.18. The molecule has 0 saturated carbocycles. The summed E-state index contributed by atoms with van der Waals surface area (Å²) in [6.45, 7) is 3.56. The van der Waals surface area contributed by atoms with Crippen LogP contribution in [0.5, 0.6) is 0 Å². The van der Waals surface area contributed by atoms with Crippen LogP contribution in [0, 0.1) is 0 Å². The van der Waals surface area contributed by atoms with Gasteiger partial charge in [0.15, 0.2) is 5.82 Å². The number of nitrogens with zero attached hydrogens (tertiary/aromatic N) is 6. The van der Waals surface area contributed by atoms with Crippen molar-refractivity contribution < 1.29 is 0 Å². The van der Waals surface area contributed by atoms with E-state index in [1.54, 1.807) is 6.20 Å². The zero-order valence-electron chi connectivity index (χ0n) is 16.6. The fraction of sp³-hybridized carbons (Fsp3) is 0.167. The third-order valence-corrected chi connectivity index (χ3v) is 5.25. The van der Waals surface area contributed by atoms with Crippen molar-refractivity contribution in [2.45, 2.75) is 0 Å². The first-order valence-electron chi connectivity index (χ1n) is 10.1. The number of rotatable bonds is 4. The second-order valence-corrected chi connectivity index (χ2v) is 7.18. The van der Waals surface area contributed by atoms with E-state index in [4.69, 9.17) is 9.97 Å². The molecule has 4 heterocycles. The molecule has 0 aliphatic carbocycles. The van der Waals surface area contributed by atoms with Crippen molar-refractivity contribution in [2.75, 3.05) is 36.0 Å². The van der Waals surface area contributed by atoms with E-state index >= 15 is 0 Å². The van der Waals surface area contributed by atoms with E-state index in [0.717, 1.165) is 60.6 Å². The zero-order valence-corrected chi connectivity index (χ0v) is 16.6. The van der Waals surface area contributed by atoms with E-state index < -0.39 is 0 Å². The largest absolute Gasteiger partial charge is 0.353 e. The van der Waals surface area contributed by atoms with Crippen LogP contribution in [-0.4, -0.2) is 46.1 Å². The molecular weight excluding hydrogens is 372 g/mol. The molecule has 0 spiro atoms. The van der Waals surface area contributed by atoms with Gasteiger partial charge >= 0.3 is 0 Å². The highest BCUT2D eigenvalue weighted by Crippen LogP contribution is 2.26. The lowest BCUT2D eigenvalue weighted by molar-refractivity contribution is 0.641. The van der Waals surface area contributed by atoms with Crippen molar-refractivity contribution in [3.63, 3.8) is 0 Å². The predicted octanol–water partition coefficient (Wildman–Crippen LogP) is 3.93. The summed E-state index contributed by atoms with van der Waals surface area (Å²) in [6, 6.07) is 24.1. The van der Waals surface area contributed by atoms with Gasteiger partial charge in [0.1, 0.15) is 11.6 Å². The Morgan fingerprint density at radius 3 is 1.90 bits per heavy atom. The molecule has 0 radical (unpaired) electrons. The van der Waals surface area contributed by atoms with Gasteiger partial charge in [-0.05, 0) is 24.3 Å². The first kappa shape index (κ1) is 18.2. The first-order chi connectivity index (χ1) is 14.9. The minimum atomic E-state index is 0.723. The Balaban J connectivity index is 1.46. The maximum absolute atomic E-state index is 4.90. The van der Waals surface area contributed by atoms with Crippen molar-refractivity contribution in [3.05, 3.63) is 85.2 Å². The number of benzene rings is 1. The van der Waals surface area contributed by atoms with Crippen molar-refractivity contribution >= 4 is 11.6 Å². The van der Waals surface area contributed by atoms with Crippen LogP contribution < -0.4 is 9.80 Å². The van der Waals surface area contributed by atoms with Crippen LogP contribution in [-0.2, 0) is 0 Å². The third-order valence-electron chi connectivity index (χ3n) is 5.25. The van der Waals surface area contributed by atoms with E-state index in [1.807, 2.05) is 72.9 Å². The SMILES string of the molecule is c1ccc(-c2nc(-c3ccccn3)cc(N3CCN(c4ccccn4)CC3)n2)cc1. The Kier molecular flexibility index (Phi) is 5.04. The van der Waals surface area contributed by atoms with E-state index in [0.29, 0.717) is 0 Å². The van der Waals surface area contributed by atoms with Gasteiger partial charge in [0.05, 0.1) is 11.4 Å². The van der Waals surface area contributed by atoms with Gasteiger partial charge in [-0.2, -0.15) is 0 Å². The molecule has 0 N–H and O–H groups in total. The highest BCUT2D eigenvalue weighted by atomic mass is 15.3. The summed E-state index contributed by atoms with van der Waals surface area (Å²) in [6.07, 6.45) is 3.64. The van der Waals surface area contributed by atoms with Crippen LogP contribution in [0.1, 0.15) is 0 Å². The summed E-state index contributed by atoms with van der Waals surface area (Å²) in [5, 5.41) is 0. The molecule has 1 fully saturated rings. The number of aromatic nitrogens is 4. The van der Waals surface area contributed by atoms with Gasteiger partial charge in [-0.3, -0.25) is 4.98 Å². The van der Waals surface area contributed by atoms with Gasteiger partial charge in [-0.25, -0.2) is 15.0 Å².